The van der Waals surface area contributed by atoms with E-state index in [9.17, 15) is 4.79 Å². The number of rotatable bonds is 5. The lowest BCUT2D eigenvalue weighted by molar-refractivity contribution is -0.115. The predicted octanol–water partition coefficient (Wildman–Crippen LogP) is 3.61. The van der Waals surface area contributed by atoms with Crippen LogP contribution in [0.3, 0.4) is 0 Å². The van der Waals surface area contributed by atoms with Gasteiger partial charge in [-0.25, -0.2) is 9.97 Å². The van der Waals surface area contributed by atoms with Crippen molar-refractivity contribution >= 4 is 17.7 Å². The second kappa shape index (κ2) is 7.88. The SMILES string of the molecule is Cc1ccc(NNC(=O)/C=C/c2cnc(-c3ccccc3)nc2)cc1. The zero-order chi connectivity index (χ0) is 17.5. The maximum absolute atomic E-state index is 11.8. The molecule has 0 aliphatic carbocycles. The number of nitrogens with zero attached hydrogens (tertiary/aromatic N) is 2. The third kappa shape index (κ3) is 4.75. The van der Waals surface area contributed by atoms with E-state index in [1.807, 2.05) is 61.5 Å². The van der Waals surface area contributed by atoms with Gasteiger partial charge in [0.1, 0.15) is 0 Å². The molecule has 0 saturated heterocycles. The van der Waals surface area contributed by atoms with Crippen LogP contribution in [0, 0.1) is 6.92 Å². The minimum absolute atomic E-state index is 0.257. The highest BCUT2D eigenvalue weighted by Crippen LogP contribution is 2.13. The summed E-state index contributed by atoms with van der Waals surface area (Å²) in [5.74, 6) is 0.399. The highest BCUT2D eigenvalue weighted by Gasteiger charge is 2.00. The number of anilines is 1. The molecule has 0 saturated carbocycles. The zero-order valence-electron chi connectivity index (χ0n) is 13.8. The van der Waals surface area contributed by atoms with Crippen LogP contribution >= 0.6 is 0 Å². The average molecular weight is 330 g/mol. The Kier molecular flexibility index (Phi) is 5.16. The molecule has 1 aromatic heterocycles. The predicted molar refractivity (Wildman–Crippen MR) is 99.4 cm³/mol. The number of carbonyl (C=O) groups is 1. The van der Waals surface area contributed by atoms with Gasteiger partial charge in [0.15, 0.2) is 5.82 Å². The van der Waals surface area contributed by atoms with Crippen molar-refractivity contribution in [2.75, 3.05) is 5.43 Å². The summed E-state index contributed by atoms with van der Waals surface area (Å²) in [4.78, 5) is 20.5. The van der Waals surface area contributed by atoms with E-state index in [0.29, 0.717) is 5.82 Å². The minimum atomic E-state index is -0.257. The first-order valence-electron chi connectivity index (χ1n) is 7.89. The van der Waals surface area contributed by atoms with Gasteiger partial charge in [0.2, 0.25) is 0 Å². The fraction of sp³-hybridized carbons (Fsp3) is 0.0500. The normalized spacial score (nSPS) is 10.6. The van der Waals surface area contributed by atoms with Crippen LogP contribution in [0.15, 0.2) is 73.1 Å². The molecular weight excluding hydrogens is 312 g/mol. The number of aromatic nitrogens is 2. The van der Waals surface area contributed by atoms with Gasteiger partial charge in [-0.3, -0.25) is 15.6 Å². The molecule has 3 aromatic rings. The number of nitrogens with one attached hydrogen (secondary N) is 2. The van der Waals surface area contributed by atoms with E-state index in [1.165, 1.54) is 6.08 Å². The molecule has 0 spiro atoms. The number of carbonyl (C=O) groups excluding carboxylic acids is 1. The Balaban J connectivity index is 1.56. The number of amides is 1. The zero-order valence-corrected chi connectivity index (χ0v) is 13.8. The monoisotopic (exact) mass is 330 g/mol. The van der Waals surface area contributed by atoms with Crippen molar-refractivity contribution in [3.05, 3.63) is 84.2 Å². The van der Waals surface area contributed by atoms with E-state index in [2.05, 4.69) is 20.8 Å². The standard InChI is InChI=1S/C20H18N4O/c1-15-7-10-18(11-8-15)23-24-19(25)12-9-16-13-21-20(22-14-16)17-5-3-2-4-6-17/h2-14,23H,1H3,(H,24,25)/b12-9+. The Hall–Kier alpha value is -3.47. The number of aryl methyl sites for hydroxylation is 1. The number of benzene rings is 2. The molecule has 2 aromatic carbocycles. The molecule has 1 amide bonds. The third-order valence-electron chi connectivity index (χ3n) is 3.51. The molecule has 3 rings (SSSR count). The molecule has 2 N–H and O–H groups in total. The van der Waals surface area contributed by atoms with E-state index in [-0.39, 0.29) is 5.91 Å². The van der Waals surface area contributed by atoms with Crippen molar-refractivity contribution in [2.45, 2.75) is 6.92 Å². The summed E-state index contributed by atoms with van der Waals surface area (Å²) in [6, 6.07) is 17.5. The third-order valence-corrected chi connectivity index (χ3v) is 3.51. The van der Waals surface area contributed by atoms with E-state index in [1.54, 1.807) is 18.5 Å². The van der Waals surface area contributed by atoms with Gasteiger partial charge >= 0.3 is 0 Å². The Morgan fingerprint density at radius 1 is 0.960 bits per heavy atom. The Bertz CT molecular complexity index is 856. The lowest BCUT2D eigenvalue weighted by atomic mass is 10.2. The molecule has 0 unspecified atom stereocenters. The smallest absolute Gasteiger partial charge is 0.262 e. The number of hydrazine groups is 1. The Morgan fingerprint density at radius 3 is 2.32 bits per heavy atom. The van der Waals surface area contributed by atoms with Crippen LogP contribution in [0.1, 0.15) is 11.1 Å². The van der Waals surface area contributed by atoms with Crippen LogP contribution in [-0.4, -0.2) is 15.9 Å². The van der Waals surface area contributed by atoms with Crippen molar-refractivity contribution in [2.24, 2.45) is 0 Å². The molecular formula is C20H18N4O. The first kappa shape index (κ1) is 16.4. The summed E-state index contributed by atoms with van der Waals surface area (Å²) in [6.07, 6.45) is 6.47. The summed E-state index contributed by atoms with van der Waals surface area (Å²) in [5.41, 5.74) is 9.16. The first-order chi connectivity index (χ1) is 12.2. The van der Waals surface area contributed by atoms with Crippen LogP contribution < -0.4 is 10.9 Å². The van der Waals surface area contributed by atoms with E-state index < -0.39 is 0 Å². The average Bonchev–Trinajstić information content (AvgIpc) is 2.67. The molecule has 0 bridgehead atoms. The Labute approximate surface area is 146 Å². The van der Waals surface area contributed by atoms with Crippen LogP contribution in [0.2, 0.25) is 0 Å². The van der Waals surface area contributed by atoms with Gasteiger partial charge in [-0.2, -0.15) is 0 Å². The van der Waals surface area contributed by atoms with Gasteiger partial charge < -0.3 is 0 Å². The lowest BCUT2D eigenvalue weighted by Gasteiger charge is -2.06. The topological polar surface area (TPSA) is 66.9 Å². The molecule has 1 heterocycles. The molecule has 0 atom stereocenters. The second-order valence-corrected chi connectivity index (χ2v) is 5.52. The number of hydrogen-bond acceptors (Lipinski definition) is 4. The highest BCUT2D eigenvalue weighted by molar-refractivity contribution is 5.92. The molecule has 0 aliphatic rings. The largest absolute Gasteiger partial charge is 0.298 e. The molecule has 0 aliphatic heterocycles. The maximum atomic E-state index is 11.8. The van der Waals surface area contributed by atoms with Crippen molar-refractivity contribution in [1.29, 1.82) is 0 Å². The molecule has 5 heteroatoms. The fourth-order valence-electron chi connectivity index (χ4n) is 2.14. The summed E-state index contributed by atoms with van der Waals surface area (Å²) in [6.45, 7) is 2.01. The van der Waals surface area contributed by atoms with Gasteiger partial charge in [0.25, 0.3) is 5.91 Å². The minimum Gasteiger partial charge on any atom is -0.298 e. The quantitative estimate of drug-likeness (QED) is 0.554. The van der Waals surface area contributed by atoms with Crippen LogP contribution in [0.5, 0.6) is 0 Å². The summed E-state index contributed by atoms with van der Waals surface area (Å²) < 4.78 is 0. The Morgan fingerprint density at radius 2 is 1.64 bits per heavy atom. The van der Waals surface area contributed by atoms with Gasteiger partial charge in [-0.05, 0) is 25.1 Å². The van der Waals surface area contributed by atoms with Crippen molar-refractivity contribution in [3.8, 4) is 11.4 Å². The lowest BCUT2D eigenvalue weighted by Crippen LogP contribution is -2.27. The van der Waals surface area contributed by atoms with Crippen LogP contribution in [0.4, 0.5) is 5.69 Å². The molecule has 0 fully saturated rings. The highest BCUT2D eigenvalue weighted by atomic mass is 16.2. The summed E-state index contributed by atoms with van der Waals surface area (Å²) in [5, 5.41) is 0. The summed E-state index contributed by atoms with van der Waals surface area (Å²) in [7, 11) is 0. The van der Waals surface area contributed by atoms with E-state index in [4.69, 9.17) is 0 Å². The maximum Gasteiger partial charge on any atom is 0.262 e. The van der Waals surface area contributed by atoms with Crippen molar-refractivity contribution < 1.29 is 4.79 Å². The van der Waals surface area contributed by atoms with Gasteiger partial charge in [-0.1, -0.05) is 48.0 Å². The van der Waals surface area contributed by atoms with E-state index >= 15 is 0 Å². The van der Waals surface area contributed by atoms with Crippen LogP contribution in [-0.2, 0) is 4.79 Å². The van der Waals surface area contributed by atoms with Crippen molar-refractivity contribution in [1.82, 2.24) is 15.4 Å². The van der Waals surface area contributed by atoms with Gasteiger partial charge in [0, 0.05) is 29.6 Å². The van der Waals surface area contributed by atoms with Gasteiger partial charge in [-0.15, -0.1) is 0 Å². The van der Waals surface area contributed by atoms with E-state index in [0.717, 1.165) is 22.4 Å². The number of hydrogen-bond donors (Lipinski definition) is 2. The van der Waals surface area contributed by atoms with Gasteiger partial charge in [0.05, 0.1) is 5.69 Å². The molecule has 5 nitrogen and oxygen atoms in total. The fourth-order valence-corrected chi connectivity index (χ4v) is 2.14. The van der Waals surface area contributed by atoms with Crippen LogP contribution in [0.25, 0.3) is 17.5 Å². The van der Waals surface area contributed by atoms with Crippen molar-refractivity contribution in [3.63, 3.8) is 0 Å². The molecule has 124 valence electrons. The summed E-state index contributed by atoms with van der Waals surface area (Å²) >= 11 is 0. The first-order valence-corrected chi connectivity index (χ1v) is 7.89. The second-order valence-electron chi connectivity index (χ2n) is 5.52. The molecule has 0 radical (unpaired) electrons. The molecule has 25 heavy (non-hydrogen) atoms.